The number of nitrogens with zero attached hydrogens (tertiary/aromatic N) is 3. The van der Waals surface area contributed by atoms with E-state index in [-0.39, 0.29) is 35.0 Å². The van der Waals surface area contributed by atoms with Gasteiger partial charge in [0.1, 0.15) is 17.2 Å². The fraction of sp³-hybridized carbons (Fsp3) is 0.474. The number of aromatic amines is 1. The molecule has 2 aromatic heterocycles. The van der Waals surface area contributed by atoms with E-state index in [4.69, 9.17) is 28.3 Å². The Kier molecular flexibility index (Phi) is 8.60. The number of piperidine rings is 1. The standard InChI is InChI=1S/C19H24Cl2N6O4S/c1-10-14(20)15(21)16(22-10)18(30)23-11-3-5-27(6-4-11)13-9-12(17(29)26-31-2)24-19(25-13)32-8-7-28/h9,11,22,28H,3-8H2,1-2H3,(H,23,30)(H,26,29). The van der Waals surface area contributed by atoms with E-state index in [0.717, 1.165) is 0 Å². The van der Waals surface area contributed by atoms with Gasteiger partial charge in [0.2, 0.25) is 0 Å². The molecule has 10 nitrogen and oxygen atoms in total. The normalized spacial score (nSPS) is 14.5. The molecule has 1 aliphatic rings. The molecule has 13 heteroatoms. The molecule has 0 radical (unpaired) electrons. The van der Waals surface area contributed by atoms with Crippen molar-refractivity contribution >= 4 is 52.6 Å². The minimum Gasteiger partial charge on any atom is -0.396 e. The zero-order chi connectivity index (χ0) is 23.3. The number of anilines is 1. The Morgan fingerprint density at radius 1 is 1.28 bits per heavy atom. The van der Waals surface area contributed by atoms with E-state index >= 15 is 0 Å². The van der Waals surface area contributed by atoms with Gasteiger partial charge in [0.15, 0.2) is 5.16 Å². The summed E-state index contributed by atoms with van der Waals surface area (Å²) in [5.41, 5.74) is 3.32. The number of hydroxylamine groups is 1. The number of hydrogen-bond donors (Lipinski definition) is 4. The van der Waals surface area contributed by atoms with Crippen LogP contribution in [0, 0.1) is 6.92 Å². The van der Waals surface area contributed by atoms with Crippen LogP contribution in [0.4, 0.5) is 5.82 Å². The Balaban J connectivity index is 1.67. The van der Waals surface area contributed by atoms with Crippen molar-refractivity contribution in [3.8, 4) is 0 Å². The van der Waals surface area contributed by atoms with E-state index in [1.165, 1.54) is 18.9 Å². The number of hydrogen-bond acceptors (Lipinski definition) is 8. The van der Waals surface area contributed by atoms with Crippen LogP contribution in [-0.4, -0.2) is 70.5 Å². The highest BCUT2D eigenvalue weighted by atomic mass is 35.5. The fourth-order valence-electron chi connectivity index (χ4n) is 3.28. The highest BCUT2D eigenvalue weighted by molar-refractivity contribution is 7.99. The van der Waals surface area contributed by atoms with E-state index in [2.05, 4.69) is 30.6 Å². The lowest BCUT2D eigenvalue weighted by Crippen LogP contribution is -2.45. The van der Waals surface area contributed by atoms with Gasteiger partial charge in [0, 0.05) is 36.6 Å². The number of aromatic nitrogens is 3. The second-order valence-electron chi connectivity index (χ2n) is 7.09. The van der Waals surface area contributed by atoms with Crippen LogP contribution < -0.4 is 15.7 Å². The molecule has 0 atom stereocenters. The number of amides is 2. The van der Waals surface area contributed by atoms with Crippen LogP contribution >= 0.6 is 35.0 Å². The molecule has 0 bridgehead atoms. The molecule has 0 unspecified atom stereocenters. The van der Waals surface area contributed by atoms with Gasteiger partial charge in [-0.15, -0.1) is 0 Å². The lowest BCUT2D eigenvalue weighted by Gasteiger charge is -2.33. The molecule has 0 aromatic carbocycles. The largest absolute Gasteiger partial charge is 0.396 e. The van der Waals surface area contributed by atoms with Gasteiger partial charge < -0.3 is 20.3 Å². The van der Waals surface area contributed by atoms with Crippen molar-refractivity contribution in [1.82, 2.24) is 25.7 Å². The Labute approximate surface area is 199 Å². The van der Waals surface area contributed by atoms with Gasteiger partial charge >= 0.3 is 0 Å². The summed E-state index contributed by atoms with van der Waals surface area (Å²) in [6, 6.07) is 1.55. The number of thioether (sulfide) groups is 1. The first-order valence-corrected chi connectivity index (χ1v) is 11.6. The monoisotopic (exact) mass is 502 g/mol. The molecule has 32 heavy (non-hydrogen) atoms. The number of carbonyl (C=O) groups excluding carboxylic acids is 2. The number of carbonyl (C=O) groups is 2. The van der Waals surface area contributed by atoms with Gasteiger partial charge in [0.25, 0.3) is 11.8 Å². The smallest absolute Gasteiger partial charge is 0.293 e. The number of aryl methyl sites for hydroxylation is 1. The topological polar surface area (TPSA) is 132 Å². The van der Waals surface area contributed by atoms with E-state index in [9.17, 15) is 9.59 Å². The quantitative estimate of drug-likeness (QED) is 0.245. The third-order valence-electron chi connectivity index (χ3n) is 4.88. The maximum absolute atomic E-state index is 12.6. The van der Waals surface area contributed by atoms with Gasteiger partial charge in [-0.3, -0.25) is 14.4 Å². The van der Waals surface area contributed by atoms with Gasteiger partial charge in [-0.05, 0) is 19.8 Å². The summed E-state index contributed by atoms with van der Waals surface area (Å²) in [5, 5.41) is 13.0. The molecular formula is C19H24Cl2N6O4S. The molecule has 0 aliphatic carbocycles. The molecule has 3 rings (SSSR count). The van der Waals surface area contributed by atoms with Crippen LogP contribution in [-0.2, 0) is 4.84 Å². The van der Waals surface area contributed by atoms with Crippen LogP contribution in [0.5, 0.6) is 0 Å². The Bertz CT molecular complexity index is 981. The summed E-state index contributed by atoms with van der Waals surface area (Å²) in [6.45, 7) is 2.96. The van der Waals surface area contributed by atoms with Gasteiger partial charge in [-0.1, -0.05) is 35.0 Å². The molecule has 1 saturated heterocycles. The maximum atomic E-state index is 12.6. The highest BCUT2D eigenvalue weighted by Crippen LogP contribution is 2.29. The number of nitrogens with one attached hydrogen (secondary N) is 3. The zero-order valence-corrected chi connectivity index (χ0v) is 19.9. The highest BCUT2D eigenvalue weighted by Gasteiger charge is 2.25. The second kappa shape index (κ2) is 11.2. The van der Waals surface area contributed by atoms with Crippen LogP contribution in [0.1, 0.15) is 39.5 Å². The lowest BCUT2D eigenvalue weighted by atomic mass is 10.0. The SMILES string of the molecule is CONC(=O)c1cc(N2CCC(NC(=O)c3[nH]c(C)c(Cl)c3Cl)CC2)nc(SCCO)n1. The van der Waals surface area contributed by atoms with Crippen molar-refractivity contribution in [2.45, 2.75) is 31.0 Å². The van der Waals surface area contributed by atoms with Crippen LogP contribution in [0.15, 0.2) is 11.2 Å². The summed E-state index contributed by atoms with van der Waals surface area (Å²) in [6.07, 6.45) is 1.36. The van der Waals surface area contributed by atoms with E-state index in [1.54, 1.807) is 13.0 Å². The first-order valence-electron chi connectivity index (χ1n) is 9.89. The third kappa shape index (κ3) is 5.84. The summed E-state index contributed by atoms with van der Waals surface area (Å²) in [4.78, 5) is 43.1. The molecule has 2 amide bonds. The Morgan fingerprint density at radius 2 is 2.00 bits per heavy atom. The molecule has 1 fully saturated rings. The number of halogens is 2. The Hall–Kier alpha value is -2.05. The average molecular weight is 503 g/mol. The minimum absolute atomic E-state index is 0.0293. The predicted molar refractivity (Wildman–Crippen MR) is 123 cm³/mol. The summed E-state index contributed by atoms with van der Waals surface area (Å²) >= 11 is 13.5. The van der Waals surface area contributed by atoms with Gasteiger partial charge in [-0.2, -0.15) is 0 Å². The molecule has 3 heterocycles. The molecule has 2 aromatic rings. The first-order chi connectivity index (χ1) is 15.3. The first kappa shape index (κ1) is 24.6. The van der Waals surface area contributed by atoms with Crippen molar-refractivity contribution in [2.24, 2.45) is 0 Å². The molecule has 1 aliphatic heterocycles. The minimum atomic E-state index is -0.485. The molecule has 0 saturated carbocycles. The Morgan fingerprint density at radius 3 is 2.59 bits per heavy atom. The molecular weight excluding hydrogens is 479 g/mol. The number of rotatable bonds is 8. The van der Waals surface area contributed by atoms with E-state index in [0.29, 0.717) is 53.4 Å². The molecule has 4 N–H and O–H groups in total. The zero-order valence-electron chi connectivity index (χ0n) is 17.6. The number of H-pyrrole nitrogens is 1. The fourth-order valence-corrected chi connectivity index (χ4v) is 4.29. The summed E-state index contributed by atoms with van der Waals surface area (Å²) in [5.74, 6) is 0.224. The molecule has 0 spiro atoms. The maximum Gasteiger partial charge on any atom is 0.293 e. The van der Waals surface area contributed by atoms with Gasteiger partial charge in [-0.25, -0.2) is 15.4 Å². The predicted octanol–water partition coefficient (Wildman–Crippen LogP) is 2.19. The second-order valence-corrected chi connectivity index (χ2v) is 8.91. The van der Waals surface area contributed by atoms with E-state index < -0.39 is 5.91 Å². The van der Waals surface area contributed by atoms with Gasteiger partial charge in [0.05, 0.1) is 23.8 Å². The third-order valence-corrected chi connectivity index (χ3v) is 6.65. The van der Waals surface area contributed by atoms with Crippen LogP contribution in [0.2, 0.25) is 10.0 Å². The van der Waals surface area contributed by atoms with Crippen molar-refractivity contribution in [2.75, 3.05) is 37.5 Å². The van der Waals surface area contributed by atoms with Crippen molar-refractivity contribution in [3.63, 3.8) is 0 Å². The summed E-state index contributed by atoms with van der Waals surface area (Å²) in [7, 11) is 1.34. The van der Waals surface area contributed by atoms with Crippen LogP contribution in [0.25, 0.3) is 0 Å². The van der Waals surface area contributed by atoms with Crippen molar-refractivity contribution in [3.05, 3.63) is 33.2 Å². The number of aliphatic hydroxyl groups is 1. The lowest BCUT2D eigenvalue weighted by molar-refractivity contribution is 0.0531. The number of aliphatic hydroxyl groups excluding tert-OH is 1. The average Bonchev–Trinajstić information content (AvgIpc) is 3.05. The summed E-state index contributed by atoms with van der Waals surface area (Å²) < 4.78 is 0. The molecule has 174 valence electrons. The van der Waals surface area contributed by atoms with Crippen LogP contribution in [0.3, 0.4) is 0 Å². The van der Waals surface area contributed by atoms with Crippen molar-refractivity contribution in [1.29, 1.82) is 0 Å². The van der Waals surface area contributed by atoms with Crippen molar-refractivity contribution < 1.29 is 19.5 Å². The van der Waals surface area contributed by atoms with E-state index in [1.807, 2.05) is 4.90 Å².